The van der Waals surface area contributed by atoms with Gasteiger partial charge in [0.25, 0.3) is 11.8 Å². The SMILES string of the molecule is CNC(=O)/C(=C/c1ccco1)NC(=O)c1ccc(OCC(C)C)cc1. The highest BCUT2D eigenvalue weighted by Crippen LogP contribution is 2.14. The number of ether oxygens (including phenoxy) is 1. The molecule has 0 aliphatic rings. The summed E-state index contributed by atoms with van der Waals surface area (Å²) < 4.78 is 10.8. The average Bonchev–Trinajstić information content (AvgIpc) is 3.12. The number of likely N-dealkylation sites (N-methyl/N-ethyl adjacent to an activating group) is 1. The van der Waals surface area contributed by atoms with Crippen molar-refractivity contribution in [3.8, 4) is 5.75 Å². The maximum Gasteiger partial charge on any atom is 0.267 e. The highest BCUT2D eigenvalue weighted by atomic mass is 16.5. The first kappa shape index (κ1) is 18.3. The lowest BCUT2D eigenvalue weighted by atomic mass is 10.2. The number of nitrogens with one attached hydrogen (secondary N) is 2. The van der Waals surface area contributed by atoms with Gasteiger partial charge in [0, 0.05) is 18.7 Å². The molecule has 2 N–H and O–H groups in total. The Labute approximate surface area is 146 Å². The van der Waals surface area contributed by atoms with Crippen LogP contribution < -0.4 is 15.4 Å². The standard InChI is InChI=1S/C19H22N2O4/c1-13(2)12-25-15-8-6-14(7-9-15)18(22)21-17(19(23)20-3)11-16-5-4-10-24-16/h4-11,13H,12H2,1-3H3,(H,20,23)(H,21,22)/b17-11-. The van der Waals surface area contributed by atoms with Gasteiger partial charge in [0.15, 0.2) is 0 Å². The smallest absolute Gasteiger partial charge is 0.267 e. The molecule has 0 fully saturated rings. The van der Waals surface area contributed by atoms with Crippen molar-refractivity contribution in [2.75, 3.05) is 13.7 Å². The van der Waals surface area contributed by atoms with Crippen LogP contribution in [0.25, 0.3) is 6.08 Å². The molecule has 2 amide bonds. The molecule has 0 bridgehead atoms. The van der Waals surface area contributed by atoms with E-state index in [2.05, 4.69) is 24.5 Å². The van der Waals surface area contributed by atoms with E-state index in [0.29, 0.717) is 29.6 Å². The van der Waals surface area contributed by atoms with Crippen LogP contribution in [-0.2, 0) is 4.79 Å². The van der Waals surface area contributed by atoms with E-state index in [1.54, 1.807) is 36.4 Å². The minimum atomic E-state index is -0.415. The largest absolute Gasteiger partial charge is 0.493 e. The van der Waals surface area contributed by atoms with Crippen molar-refractivity contribution in [1.29, 1.82) is 0 Å². The van der Waals surface area contributed by atoms with Crippen LogP contribution in [0.1, 0.15) is 30.0 Å². The van der Waals surface area contributed by atoms with E-state index in [1.807, 2.05) is 0 Å². The second-order valence-corrected chi connectivity index (χ2v) is 5.84. The Morgan fingerprint density at radius 1 is 1.20 bits per heavy atom. The summed E-state index contributed by atoms with van der Waals surface area (Å²) in [6.45, 7) is 4.74. The zero-order valence-electron chi connectivity index (χ0n) is 14.5. The third-order valence-corrected chi connectivity index (χ3v) is 3.25. The van der Waals surface area contributed by atoms with Gasteiger partial charge >= 0.3 is 0 Å². The molecule has 6 heteroatoms. The summed E-state index contributed by atoms with van der Waals surface area (Å²) in [7, 11) is 1.49. The Balaban J connectivity index is 2.09. The van der Waals surface area contributed by atoms with Crippen LogP contribution in [0.3, 0.4) is 0 Å². The second kappa shape index (κ2) is 8.73. The maximum absolute atomic E-state index is 12.4. The number of hydrogen-bond donors (Lipinski definition) is 2. The Morgan fingerprint density at radius 2 is 1.92 bits per heavy atom. The van der Waals surface area contributed by atoms with E-state index in [-0.39, 0.29) is 5.70 Å². The van der Waals surface area contributed by atoms with Gasteiger partial charge in [-0.1, -0.05) is 13.8 Å². The van der Waals surface area contributed by atoms with Crippen molar-refractivity contribution < 1.29 is 18.7 Å². The summed E-state index contributed by atoms with van der Waals surface area (Å²) in [5, 5.41) is 5.09. The van der Waals surface area contributed by atoms with Crippen molar-refractivity contribution in [3.05, 3.63) is 59.7 Å². The van der Waals surface area contributed by atoms with E-state index < -0.39 is 11.8 Å². The van der Waals surface area contributed by atoms with Crippen molar-refractivity contribution in [2.24, 2.45) is 5.92 Å². The Morgan fingerprint density at radius 3 is 2.48 bits per heavy atom. The quantitative estimate of drug-likeness (QED) is 0.758. The summed E-state index contributed by atoms with van der Waals surface area (Å²) in [5.74, 6) is 0.780. The van der Waals surface area contributed by atoms with Gasteiger partial charge in [0.05, 0.1) is 12.9 Å². The van der Waals surface area contributed by atoms with Crippen LogP contribution in [-0.4, -0.2) is 25.5 Å². The highest BCUT2D eigenvalue weighted by Gasteiger charge is 2.14. The maximum atomic E-state index is 12.4. The lowest BCUT2D eigenvalue weighted by Crippen LogP contribution is -2.33. The molecule has 0 spiro atoms. The summed E-state index contributed by atoms with van der Waals surface area (Å²) in [5.41, 5.74) is 0.522. The molecule has 1 heterocycles. The minimum absolute atomic E-state index is 0.0996. The van der Waals surface area contributed by atoms with Gasteiger partial charge in [-0.25, -0.2) is 0 Å². The predicted molar refractivity (Wildman–Crippen MR) is 95.0 cm³/mol. The number of carbonyl (C=O) groups is 2. The number of hydrogen-bond acceptors (Lipinski definition) is 4. The van der Waals surface area contributed by atoms with Gasteiger partial charge in [-0.05, 0) is 42.3 Å². The Kier molecular flexibility index (Phi) is 6.39. The van der Waals surface area contributed by atoms with Crippen molar-refractivity contribution in [2.45, 2.75) is 13.8 Å². The molecule has 25 heavy (non-hydrogen) atoms. The van der Waals surface area contributed by atoms with E-state index in [9.17, 15) is 9.59 Å². The summed E-state index contributed by atoms with van der Waals surface area (Å²) in [4.78, 5) is 24.3. The zero-order chi connectivity index (χ0) is 18.2. The summed E-state index contributed by atoms with van der Waals surface area (Å²) in [6, 6.07) is 10.2. The number of benzene rings is 1. The van der Waals surface area contributed by atoms with Gasteiger partial charge < -0.3 is 19.8 Å². The summed E-state index contributed by atoms with van der Waals surface area (Å²) >= 11 is 0. The predicted octanol–water partition coefficient (Wildman–Crippen LogP) is 2.83. The molecule has 0 unspecified atom stereocenters. The number of furan rings is 1. The molecule has 0 saturated heterocycles. The van der Waals surface area contributed by atoms with Crippen LogP contribution in [0.5, 0.6) is 5.75 Å². The third-order valence-electron chi connectivity index (χ3n) is 3.25. The van der Waals surface area contributed by atoms with E-state index in [1.165, 1.54) is 19.4 Å². The zero-order valence-corrected chi connectivity index (χ0v) is 14.5. The molecule has 0 aliphatic carbocycles. The highest BCUT2D eigenvalue weighted by molar-refractivity contribution is 6.05. The topological polar surface area (TPSA) is 80.6 Å². The lowest BCUT2D eigenvalue weighted by Gasteiger charge is -2.10. The fraction of sp³-hybridized carbons (Fsp3) is 0.263. The lowest BCUT2D eigenvalue weighted by molar-refractivity contribution is -0.117. The number of carbonyl (C=O) groups excluding carboxylic acids is 2. The average molecular weight is 342 g/mol. The fourth-order valence-corrected chi connectivity index (χ4v) is 1.97. The van der Waals surface area contributed by atoms with Crippen LogP contribution in [0, 0.1) is 5.92 Å². The van der Waals surface area contributed by atoms with Gasteiger partial charge in [0.2, 0.25) is 0 Å². The molecular weight excluding hydrogens is 320 g/mol. The van der Waals surface area contributed by atoms with Crippen LogP contribution >= 0.6 is 0 Å². The van der Waals surface area contributed by atoms with Crippen molar-refractivity contribution in [1.82, 2.24) is 10.6 Å². The first-order valence-corrected chi connectivity index (χ1v) is 8.01. The third kappa shape index (κ3) is 5.53. The minimum Gasteiger partial charge on any atom is -0.493 e. The van der Waals surface area contributed by atoms with E-state index in [0.717, 1.165) is 0 Å². The normalized spacial score (nSPS) is 11.3. The molecule has 0 atom stereocenters. The van der Waals surface area contributed by atoms with Crippen molar-refractivity contribution in [3.63, 3.8) is 0 Å². The van der Waals surface area contributed by atoms with Crippen LogP contribution in [0.15, 0.2) is 52.8 Å². The van der Waals surface area contributed by atoms with Gasteiger partial charge in [-0.15, -0.1) is 0 Å². The fourth-order valence-electron chi connectivity index (χ4n) is 1.97. The molecule has 2 rings (SSSR count). The second-order valence-electron chi connectivity index (χ2n) is 5.84. The van der Waals surface area contributed by atoms with E-state index in [4.69, 9.17) is 9.15 Å². The number of rotatable bonds is 7. The molecule has 6 nitrogen and oxygen atoms in total. The Hall–Kier alpha value is -3.02. The molecular formula is C19H22N2O4. The van der Waals surface area contributed by atoms with Gasteiger partial charge in [-0.3, -0.25) is 9.59 Å². The summed E-state index contributed by atoms with van der Waals surface area (Å²) in [6.07, 6.45) is 2.96. The number of amides is 2. The first-order valence-electron chi connectivity index (χ1n) is 8.01. The first-order chi connectivity index (χ1) is 12.0. The Bertz CT molecular complexity index is 731. The molecule has 1 aromatic carbocycles. The molecule has 0 saturated carbocycles. The van der Waals surface area contributed by atoms with Crippen molar-refractivity contribution >= 4 is 17.9 Å². The van der Waals surface area contributed by atoms with E-state index >= 15 is 0 Å². The molecule has 1 aromatic heterocycles. The van der Waals surface area contributed by atoms with Gasteiger partial charge in [-0.2, -0.15) is 0 Å². The molecule has 2 aromatic rings. The van der Waals surface area contributed by atoms with Crippen LogP contribution in [0.2, 0.25) is 0 Å². The monoisotopic (exact) mass is 342 g/mol. The molecule has 0 aliphatic heterocycles. The molecule has 132 valence electrons. The molecule has 0 radical (unpaired) electrons. The van der Waals surface area contributed by atoms with Crippen LogP contribution in [0.4, 0.5) is 0 Å². The van der Waals surface area contributed by atoms with Gasteiger partial charge in [0.1, 0.15) is 17.2 Å².